The molecule has 0 aromatic carbocycles. The molecule has 4 N–H and O–H groups in total. The van der Waals surface area contributed by atoms with Crippen molar-refractivity contribution in [2.45, 2.75) is 6.54 Å². The number of nitrogen functional groups attached to an aromatic ring is 1. The van der Waals surface area contributed by atoms with Crippen LogP contribution in [0.5, 0.6) is 0 Å². The molecule has 6 heteroatoms. The number of aromatic nitrogens is 4. The van der Waals surface area contributed by atoms with Gasteiger partial charge in [0.25, 0.3) is 0 Å². The van der Waals surface area contributed by atoms with Gasteiger partial charge in [-0.05, 0) is 6.07 Å². The summed E-state index contributed by atoms with van der Waals surface area (Å²) in [6.07, 6.45) is 1.65. The van der Waals surface area contributed by atoms with E-state index in [1.54, 1.807) is 16.9 Å². The van der Waals surface area contributed by atoms with E-state index in [2.05, 4.69) is 15.3 Å². The molecule has 0 aliphatic heterocycles. The van der Waals surface area contributed by atoms with Crippen LogP contribution >= 0.6 is 0 Å². The molecule has 74 valence electrons. The fourth-order valence-electron chi connectivity index (χ4n) is 1.24. The van der Waals surface area contributed by atoms with E-state index in [0.717, 1.165) is 11.4 Å². The maximum atomic E-state index is 8.75. The maximum absolute atomic E-state index is 8.75. The van der Waals surface area contributed by atoms with Crippen molar-refractivity contribution in [3.63, 3.8) is 0 Å². The summed E-state index contributed by atoms with van der Waals surface area (Å²) >= 11 is 0. The van der Waals surface area contributed by atoms with E-state index >= 15 is 0 Å². The second kappa shape index (κ2) is 3.51. The largest absolute Gasteiger partial charge is 0.394 e. The van der Waals surface area contributed by atoms with Crippen LogP contribution in [0.25, 0.3) is 11.4 Å². The summed E-state index contributed by atoms with van der Waals surface area (Å²) in [6, 6.07) is 3.55. The average Bonchev–Trinajstić information content (AvgIpc) is 2.76. The second-order valence-corrected chi connectivity index (χ2v) is 2.87. The van der Waals surface area contributed by atoms with Crippen LogP contribution in [-0.2, 0) is 6.54 Å². The first-order valence-corrected chi connectivity index (χ1v) is 4.25. The highest BCUT2D eigenvalue weighted by Crippen LogP contribution is 2.17. The van der Waals surface area contributed by atoms with Crippen molar-refractivity contribution in [2.75, 3.05) is 12.3 Å². The SMILES string of the molecule is Nc1cc(-c2ccn[nH]2)nn1CCO. The molecule has 0 spiro atoms. The molecule has 2 heterocycles. The van der Waals surface area contributed by atoms with Crippen molar-refractivity contribution in [1.29, 1.82) is 0 Å². The Kier molecular flexibility index (Phi) is 2.19. The summed E-state index contributed by atoms with van der Waals surface area (Å²) in [5, 5.41) is 19.6. The number of nitrogens with zero attached hydrogens (tertiary/aromatic N) is 3. The normalized spacial score (nSPS) is 10.6. The van der Waals surface area contributed by atoms with Crippen molar-refractivity contribution >= 4 is 5.82 Å². The van der Waals surface area contributed by atoms with Crippen molar-refractivity contribution in [3.8, 4) is 11.4 Å². The predicted molar refractivity (Wildman–Crippen MR) is 51.3 cm³/mol. The Morgan fingerprint density at radius 3 is 3.07 bits per heavy atom. The number of aliphatic hydroxyl groups excluding tert-OH is 1. The van der Waals surface area contributed by atoms with E-state index in [1.165, 1.54) is 0 Å². The summed E-state index contributed by atoms with van der Waals surface area (Å²) in [4.78, 5) is 0. The molecule has 0 amide bonds. The summed E-state index contributed by atoms with van der Waals surface area (Å²) in [6.45, 7) is 0.425. The molecule has 0 atom stereocenters. The van der Waals surface area contributed by atoms with Gasteiger partial charge in [0.2, 0.25) is 0 Å². The van der Waals surface area contributed by atoms with Crippen LogP contribution in [0.1, 0.15) is 0 Å². The molecule has 0 fully saturated rings. The Hall–Kier alpha value is -1.82. The number of aromatic amines is 1. The highest BCUT2D eigenvalue weighted by atomic mass is 16.3. The molecule has 0 radical (unpaired) electrons. The van der Waals surface area contributed by atoms with Gasteiger partial charge in [-0.3, -0.25) is 5.10 Å². The van der Waals surface area contributed by atoms with Crippen LogP contribution in [0, 0.1) is 0 Å². The summed E-state index contributed by atoms with van der Waals surface area (Å²) in [5.74, 6) is 0.531. The smallest absolute Gasteiger partial charge is 0.122 e. The van der Waals surface area contributed by atoms with E-state index in [0.29, 0.717) is 12.4 Å². The lowest BCUT2D eigenvalue weighted by Crippen LogP contribution is -2.07. The molecular formula is C8H11N5O. The first-order valence-electron chi connectivity index (χ1n) is 4.25. The molecular weight excluding hydrogens is 182 g/mol. The minimum atomic E-state index is 0.0221. The van der Waals surface area contributed by atoms with Gasteiger partial charge in [-0.25, -0.2) is 4.68 Å². The van der Waals surface area contributed by atoms with Crippen molar-refractivity contribution in [3.05, 3.63) is 18.3 Å². The molecule has 14 heavy (non-hydrogen) atoms. The monoisotopic (exact) mass is 193 g/mol. The van der Waals surface area contributed by atoms with E-state index in [-0.39, 0.29) is 6.61 Å². The molecule has 2 aromatic heterocycles. The van der Waals surface area contributed by atoms with Gasteiger partial charge in [-0.1, -0.05) is 0 Å². The highest BCUT2D eigenvalue weighted by Gasteiger charge is 2.06. The summed E-state index contributed by atoms with van der Waals surface area (Å²) < 4.78 is 1.55. The van der Waals surface area contributed by atoms with Crippen LogP contribution in [0.4, 0.5) is 5.82 Å². The van der Waals surface area contributed by atoms with E-state index < -0.39 is 0 Å². The van der Waals surface area contributed by atoms with Crippen LogP contribution in [-0.4, -0.2) is 31.7 Å². The van der Waals surface area contributed by atoms with Gasteiger partial charge in [0.1, 0.15) is 11.5 Å². The summed E-state index contributed by atoms with van der Waals surface area (Å²) in [7, 11) is 0. The lowest BCUT2D eigenvalue weighted by atomic mass is 10.3. The Morgan fingerprint density at radius 1 is 1.57 bits per heavy atom. The quantitative estimate of drug-likeness (QED) is 0.631. The Labute approximate surface area is 80.4 Å². The van der Waals surface area contributed by atoms with Gasteiger partial charge < -0.3 is 10.8 Å². The van der Waals surface area contributed by atoms with Crippen LogP contribution in [0.3, 0.4) is 0 Å². The Bertz CT molecular complexity index is 405. The fourth-order valence-corrected chi connectivity index (χ4v) is 1.24. The Balaban J connectivity index is 2.33. The van der Waals surface area contributed by atoms with Crippen molar-refractivity contribution in [2.24, 2.45) is 0 Å². The standard InChI is InChI=1S/C8H11N5O/c9-8-5-7(6-1-2-10-11-6)12-13(8)3-4-14/h1-2,5,14H,3-4,9H2,(H,10,11). The lowest BCUT2D eigenvalue weighted by Gasteiger charge is -1.98. The number of hydrogen-bond acceptors (Lipinski definition) is 4. The molecule has 0 aliphatic rings. The minimum absolute atomic E-state index is 0.0221. The van der Waals surface area contributed by atoms with E-state index in [9.17, 15) is 0 Å². The Morgan fingerprint density at radius 2 is 2.43 bits per heavy atom. The molecule has 0 aliphatic carbocycles. The third-order valence-corrected chi connectivity index (χ3v) is 1.90. The van der Waals surface area contributed by atoms with Gasteiger partial charge in [-0.2, -0.15) is 10.2 Å². The number of rotatable bonds is 3. The number of H-pyrrole nitrogens is 1. The average molecular weight is 193 g/mol. The van der Waals surface area contributed by atoms with Gasteiger partial charge in [-0.15, -0.1) is 0 Å². The second-order valence-electron chi connectivity index (χ2n) is 2.87. The van der Waals surface area contributed by atoms with Crippen molar-refractivity contribution < 1.29 is 5.11 Å². The van der Waals surface area contributed by atoms with Gasteiger partial charge in [0, 0.05) is 12.3 Å². The minimum Gasteiger partial charge on any atom is -0.394 e. The number of nitrogens with one attached hydrogen (secondary N) is 1. The predicted octanol–water partition coefficient (Wildman–Crippen LogP) is -0.152. The van der Waals surface area contributed by atoms with Gasteiger partial charge in [0.05, 0.1) is 18.8 Å². The lowest BCUT2D eigenvalue weighted by molar-refractivity contribution is 0.270. The van der Waals surface area contributed by atoms with Crippen LogP contribution in [0.2, 0.25) is 0 Å². The zero-order chi connectivity index (χ0) is 9.97. The highest BCUT2D eigenvalue weighted by molar-refractivity contribution is 5.57. The van der Waals surface area contributed by atoms with E-state index in [1.807, 2.05) is 6.07 Å². The third kappa shape index (κ3) is 1.47. The number of aliphatic hydroxyl groups is 1. The van der Waals surface area contributed by atoms with Crippen LogP contribution in [0.15, 0.2) is 18.3 Å². The molecule has 6 nitrogen and oxygen atoms in total. The van der Waals surface area contributed by atoms with E-state index in [4.69, 9.17) is 10.8 Å². The van der Waals surface area contributed by atoms with Crippen LogP contribution < -0.4 is 5.73 Å². The third-order valence-electron chi connectivity index (χ3n) is 1.90. The fraction of sp³-hybridized carbons (Fsp3) is 0.250. The molecule has 0 saturated heterocycles. The molecule has 2 aromatic rings. The van der Waals surface area contributed by atoms with Gasteiger partial charge >= 0.3 is 0 Å². The zero-order valence-electron chi connectivity index (χ0n) is 7.51. The topological polar surface area (TPSA) is 92.8 Å². The number of anilines is 1. The maximum Gasteiger partial charge on any atom is 0.122 e. The molecule has 0 unspecified atom stereocenters. The molecule has 0 saturated carbocycles. The first-order chi connectivity index (χ1) is 6.81. The first kappa shape index (κ1) is 8.76. The van der Waals surface area contributed by atoms with Gasteiger partial charge in [0.15, 0.2) is 0 Å². The van der Waals surface area contributed by atoms with Crippen molar-refractivity contribution in [1.82, 2.24) is 20.0 Å². The number of nitrogens with two attached hydrogens (primary N) is 1. The molecule has 2 rings (SSSR count). The number of hydrogen-bond donors (Lipinski definition) is 3. The zero-order valence-corrected chi connectivity index (χ0v) is 7.51. The summed E-state index contributed by atoms with van der Waals surface area (Å²) in [5.41, 5.74) is 7.23. The molecule has 0 bridgehead atoms.